The molecule has 1 saturated carbocycles. The van der Waals surface area contributed by atoms with Crippen LogP contribution in [0.1, 0.15) is 58.8 Å². The summed E-state index contributed by atoms with van der Waals surface area (Å²) in [5.41, 5.74) is 0. The van der Waals surface area contributed by atoms with Gasteiger partial charge in [-0.05, 0) is 43.6 Å². The van der Waals surface area contributed by atoms with Crippen LogP contribution in [0, 0.1) is 17.8 Å². The minimum atomic E-state index is -1.28. The van der Waals surface area contributed by atoms with Gasteiger partial charge in [0.25, 0.3) is 0 Å². The Morgan fingerprint density at radius 1 is 1.43 bits per heavy atom. The Hall–Kier alpha value is -1.43. The van der Waals surface area contributed by atoms with Gasteiger partial charge in [0.15, 0.2) is 6.17 Å². The lowest BCUT2D eigenvalue weighted by Crippen LogP contribution is -2.24. The van der Waals surface area contributed by atoms with E-state index >= 15 is 4.39 Å². The van der Waals surface area contributed by atoms with Gasteiger partial charge in [-0.25, -0.2) is 8.78 Å². The third-order valence-electron chi connectivity index (χ3n) is 5.92. The first kappa shape index (κ1) is 22.9. The van der Waals surface area contributed by atoms with Crippen molar-refractivity contribution in [3.8, 4) is 0 Å². The fourth-order valence-corrected chi connectivity index (χ4v) is 4.25. The van der Waals surface area contributed by atoms with E-state index in [0.717, 1.165) is 19.3 Å². The van der Waals surface area contributed by atoms with Crippen LogP contribution in [0.2, 0.25) is 0 Å². The van der Waals surface area contributed by atoms with Gasteiger partial charge >= 0.3 is 5.97 Å². The number of ether oxygens (including phenoxy) is 2. The molecule has 1 heterocycles. The molecule has 7 atom stereocenters. The number of aliphatic hydroxyl groups excluding tert-OH is 1. The minimum Gasteiger partial charge on any atom is -0.492 e. The van der Waals surface area contributed by atoms with Gasteiger partial charge < -0.3 is 14.6 Å². The van der Waals surface area contributed by atoms with E-state index in [0.29, 0.717) is 31.4 Å². The number of carbonyl (C=O) groups excluding carboxylic acids is 1. The van der Waals surface area contributed by atoms with Gasteiger partial charge in [0.2, 0.25) is 0 Å². The van der Waals surface area contributed by atoms with E-state index in [2.05, 4.69) is 4.74 Å². The monoisotopic (exact) mass is 400 g/mol. The summed E-state index contributed by atoms with van der Waals surface area (Å²) < 4.78 is 39.4. The number of alkyl halides is 2. The third-order valence-corrected chi connectivity index (χ3v) is 5.92. The van der Waals surface area contributed by atoms with Crippen molar-refractivity contribution in [2.45, 2.75) is 83.3 Å². The van der Waals surface area contributed by atoms with Gasteiger partial charge in [-0.1, -0.05) is 38.8 Å². The number of methoxy groups -OCH3 is 1. The summed E-state index contributed by atoms with van der Waals surface area (Å²) >= 11 is 0. The van der Waals surface area contributed by atoms with E-state index in [1.807, 2.05) is 13.8 Å². The molecule has 160 valence electrons. The normalized spacial score (nSPS) is 33.1. The summed E-state index contributed by atoms with van der Waals surface area (Å²) in [6, 6.07) is 0. The van der Waals surface area contributed by atoms with E-state index in [-0.39, 0.29) is 29.8 Å². The molecule has 0 bridgehead atoms. The first-order valence-corrected chi connectivity index (χ1v) is 10.5. The zero-order chi connectivity index (χ0) is 20.7. The lowest BCUT2D eigenvalue weighted by Gasteiger charge is -2.20. The highest BCUT2D eigenvalue weighted by atomic mass is 19.1. The molecule has 0 aromatic heterocycles. The highest BCUT2D eigenvalue weighted by Gasteiger charge is 2.52. The third kappa shape index (κ3) is 5.79. The average molecular weight is 401 g/mol. The van der Waals surface area contributed by atoms with Crippen LogP contribution in [0.15, 0.2) is 24.0 Å². The number of hydrogen-bond acceptors (Lipinski definition) is 4. The van der Waals surface area contributed by atoms with Crippen LogP contribution in [-0.4, -0.2) is 42.7 Å². The van der Waals surface area contributed by atoms with Gasteiger partial charge in [0, 0.05) is 12.3 Å². The number of fused-ring (bicyclic) bond motifs is 1. The fraction of sp³-hybridized carbons (Fsp3) is 0.773. The van der Waals surface area contributed by atoms with Gasteiger partial charge in [-0.3, -0.25) is 4.79 Å². The lowest BCUT2D eigenvalue weighted by atomic mass is 9.86. The van der Waals surface area contributed by atoms with Crippen LogP contribution in [0.3, 0.4) is 0 Å². The number of carbonyl (C=O) groups is 1. The van der Waals surface area contributed by atoms with Crippen LogP contribution >= 0.6 is 0 Å². The molecule has 2 unspecified atom stereocenters. The second-order valence-electron chi connectivity index (χ2n) is 8.03. The molecule has 28 heavy (non-hydrogen) atoms. The second kappa shape index (κ2) is 10.9. The number of esters is 1. The van der Waals surface area contributed by atoms with Crippen molar-refractivity contribution < 1.29 is 28.2 Å². The maximum atomic E-state index is 15.0. The van der Waals surface area contributed by atoms with Crippen LogP contribution < -0.4 is 0 Å². The standard InChI is InChI=1S/C22H34F2O4/c1-4-5-8-16(23)17(25)12-11-15-14(2)13-19-21(15)22(24)18(28-19)9-6-7-10-20(26)27-3/h9,11-12,14-17,19,21-22,25H,4-8,10,13H2,1-3H3/t14-,15+,16?,17-,19+,21-,22?/m1/s1. The lowest BCUT2D eigenvalue weighted by molar-refractivity contribution is -0.140. The number of aliphatic hydroxyl groups is 1. The van der Waals surface area contributed by atoms with E-state index in [4.69, 9.17) is 4.74 Å². The predicted octanol–water partition coefficient (Wildman–Crippen LogP) is 4.67. The molecule has 4 nitrogen and oxygen atoms in total. The maximum Gasteiger partial charge on any atom is 0.305 e. The first-order chi connectivity index (χ1) is 13.4. The fourth-order valence-electron chi connectivity index (χ4n) is 4.25. The Morgan fingerprint density at radius 3 is 2.86 bits per heavy atom. The topological polar surface area (TPSA) is 55.8 Å². The molecule has 2 rings (SSSR count). The zero-order valence-electron chi connectivity index (χ0n) is 17.2. The van der Waals surface area contributed by atoms with E-state index in [1.165, 1.54) is 13.2 Å². The van der Waals surface area contributed by atoms with Crippen LogP contribution in [0.5, 0.6) is 0 Å². The molecule has 2 fully saturated rings. The van der Waals surface area contributed by atoms with Gasteiger partial charge in [-0.15, -0.1) is 0 Å². The van der Waals surface area contributed by atoms with Gasteiger partial charge in [-0.2, -0.15) is 0 Å². The Labute approximate surface area is 167 Å². The van der Waals surface area contributed by atoms with Gasteiger partial charge in [0.05, 0.1) is 7.11 Å². The number of halogens is 2. The molecule has 0 spiro atoms. The van der Waals surface area contributed by atoms with Crippen molar-refractivity contribution in [1.29, 1.82) is 0 Å². The minimum absolute atomic E-state index is 0.0889. The Bertz CT molecular complexity index is 563. The van der Waals surface area contributed by atoms with E-state index in [9.17, 15) is 14.3 Å². The van der Waals surface area contributed by atoms with E-state index < -0.39 is 18.4 Å². The van der Waals surface area contributed by atoms with Crippen molar-refractivity contribution >= 4 is 5.97 Å². The molecule has 1 N–H and O–H groups in total. The van der Waals surface area contributed by atoms with Crippen LogP contribution in [0.4, 0.5) is 8.78 Å². The molecule has 1 aliphatic heterocycles. The molecule has 0 aromatic rings. The summed E-state index contributed by atoms with van der Waals surface area (Å²) in [6.45, 7) is 4.02. The number of hydrogen-bond donors (Lipinski definition) is 1. The van der Waals surface area contributed by atoms with Crippen LogP contribution in [-0.2, 0) is 14.3 Å². The summed E-state index contributed by atoms with van der Waals surface area (Å²) in [5, 5.41) is 10.0. The molecule has 6 heteroatoms. The average Bonchev–Trinajstić information content (AvgIpc) is 3.15. The first-order valence-electron chi connectivity index (χ1n) is 10.5. The molecule has 1 saturated heterocycles. The molecule has 0 radical (unpaired) electrons. The number of allylic oxidation sites excluding steroid dienone is 3. The zero-order valence-corrected chi connectivity index (χ0v) is 17.2. The highest BCUT2D eigenvalue weighted by Crippen LogP contribution is 2.49. The summed E-state index contributed by atoms with van der Waals surface area (Å²) in [6.07, 6.45) is 5.32. The van der Waals surface area contributed by atoms with Crippen molar-refractivity contribution in [2.24, 2.45) is 17.8 Å². The Kier molecular flexibility index (Phi) is 8.93. The summed E-state index contributed by atoms with van der Waals surface area (Å²) in [7, 11) is 1.35. The number of rotatable bonds is 10. The Morgan fingerprint density at radius 2 is 2.18 bits per heavy atom. The van der Waals surface area contributed by atoms with Crippen molar-refractivity contribution in [1.82, 2.24) is 0 Å². The highest BCUT2D eigenvalue weighted by molar-refractivity contribution is 5.69. The summed E-state index contributed by atoms with van der Waals surface area (Å²) in [5.74, 6) is -0.113. The van der Waals surface area contributed by atoms with Crippen molar-refractivity contribution in [3.63, 3.8) is 0 Å². The van der Waals surface area contributed by atoms with E-state index in [1.54, 1.807) is 12.2 Å². The molecular formula is C22H34F2O4. The second-order valence-corrected chi connectivity index (χ2v) is 8.03. The molecule has 1 aliphatic carbocycles. The SMILES string of the molecule is CCCCC(F)[C@H](O)C=C[C@@H]1[C@H]2C(F)C(=CCCCC(=O)OC)O[C@H]2C[C@H]1C. The molecular weight excluding hydrogens is 366 g/mol. The van der Waals surface area contributed by atoms with Crippen molar-refractivity contribution in [2.75, 3.05) is 7.11 Å². The molecule has 0 amide bonds. The van der Waals surface area contributed by atoms with Crippen LogP contribution in [0.25, 0.3) is 0 Å². The molecule has 0 aromatic carbocycles. The van der Waals surface area contributed by atoms with Crippen molar-refractivity contribution in [3.05, 3.63) is 24.0 Å². The summed E-state index contributed by atoms with van der Waals surface area (Å²) in [4.78, 5) is 11.1. The smallest absolute Gasteiger partial charge is 0.305 e. The molecule has 2 aliphatic rings. The van der Waals surface area contributed by atoms with Gasteiger partial charge in [0.1, 0.15) is 24.1 Å². The Balaban J connectivity index is 1.93. The largest absolute Gasteiger partial charge is 0.492 e. The maximum absolute atomic E-state index is 15.0. The predicted molar refractivity (Wildman–Crippen MR) is 104 cm³/mol. The quantitative estimate of drug-likeness (QED) is 0.329. The number of unbranched alkanes of at least 4 members (excludes halogenated alkanes) is 2.